The van der Waals surface area contributed by atoms with Crippen LogP contribution in [0.1, 0.15) is 18.1 Å². The molecule has 1 aromatic carbocycles. The molecule has 0 saturated carbocycles. The Morgan fingerprint density at radius 2 is 1.82 bits per heavy atom. The molecule has 1 atom stereocenters. The minimum Gasteiger partial charge on any atom is -0.494 e. The summed E-state index contributed by atoms with van der Waals surface area (Å²) < 4.78 is 40.7. The summed E-state index contributed by atoms with van der Waals surface area (Å²) in [5.41, 5.74) is 6.12. The van der Waals surface area contributed by atoms with E-state index in [1.807, 2.05) is 30.9 Å². The number of alkyl halides is 2. The van der Waals surface area contributed by atoms with Gasteiger partial charge in [0.15, 0.2) is 11.6 Å². The zero-order chi connectivity index (χ0) is 28.4. The van der Waals surface area contributed by atoms with Crippen molar-refractivity contribution < 1.29 is 18.3 Å². The van der Waals surface area contributed by atoms with E-state index in [1.54, 1.807) is 24.4 Å². The quantitative estimate of drug-likeness (QED) is 0.429. The molecule has 4 heterocycles. The molecule has 214 valence electrons. The number of methoxy groups -OCH3 is 1. The average molecular weight is 558 g/mol. The number of nitrogens with two attached hydrogens (primary N) is 1. The Hall–Kier alpha value is -3.82. The molecule has 3 aromatic rings. The number of fused-ring (bicyclic) bond motifs is 1. The number of aliphatic imine (C=N–C) groups is 2. The Morgan fingerprint density at radius 1 is 1.07 bits per heavy atom. The molecule has 1 saturated heterocycles. The average Bonchev–Trinajstić information content (AvgIpc) is 3.37. The van der Waals surface area contributed by atoms with Crippen LogP contribution in [0.25, 0.3) is 17.0 Å². The summed E-state index contributed by atoms with van der Waals surface area (Å²) in [6.07, 6.45) is -1.34. The molecule has 1 unspecified atom stereocenters. The van der Waals surface area contributed by atoms with Crippen molar-refractivity contribution in [2.45, 2.75) is 12.0 Å². The van der Waals surface area contributed by atoms with Crippen LogP contribution >= 0.6 is 0 Å². The predicted octanol–water partition coefficient (Wildman–Crippen LogP) is 1.08. The van der Waals surface area contributed by atoms with E-state index >= 15 is 0 Å². The second-order valence-electron chi connectivity index (χ2n) is 9.93. The Morgan fingerprint density at radius 3 is 2.48 bits per heavy atom. The normalized spacial score (nSPS) is 19.5. The number of halogens is 2. The highest BCUT2D eigenvalue weighted by atomic mass is 19.3. The number of para-hydroxylation sites is 1. The molecule has 0 spiro atoms. The van der Waals surface area contributed by atoms with E-state index in [0.717, 1.165) is 13.1 Å². The number of morpholine rings is 1. The van der Waals surface area contributed by atoms with Gasteiger partial charge in [0.2, 0.25) is 17.9 Å². The van der Waals surface area contributed by atoms with Crippen LogP contribution < -0.4 is 15.4 Å². The monoisotopic (exact) mass is 557 g/mol. The summed E-state index contributed by atoms with van der Waals surface area (Å²) in [7, 11) is 7.36. The molecule has 0 amide bonds. The molecule has 2 aliphatic rings. The fourth-order valence-corrected chi connectivity index (χ4v) is 4.43. The van der Waals surface area contributed by atoms with Crippen LogP contribution in [0.3, 0.4) is 0 Å². The standard InChI is InChI=1S/C25H33F2N11O2/c1-35(2)8-9-36(3)22-29-14-25(28,15-30-22)21-32-23(37-10-12-40-13-11-37)34-24(33-21)38-16-6-5-7-17(39-4)18(16)31-20(38)19(26)27/h5-7,14,19H,8-13,15,28H2,1-4H3. The van der Waals surface area contributed by atoms with Gasteiger partial charge in [-0.15, -0.1) is 0 Å². The lowest BCUT2D eigenvalue weighted by molar-refractivity contribution is 0.122. The van der Waals surface area contributed by atoms with Gasteiger partial charge in [0.25, 0.3) is 6.43 Å². The molecule has 2 aliphatic heterocycles. The molecule has 13 nitrogen and oxygen atoms in total. The lowest BCUT2D eigenvalue weighted by Gasteiger charge is -2.30. The molecule has 0 bridgehead atoms. The molecule has 15 heteroatoms. The van der Waals surface area contributed by atoms with Crippen LogP contribution in [0.2, 0.25) is 0 Å². The highest BCUT2D eigenvalue weighted by molar-refractivity contribution is 5.93. The number of nitrogens with zero attached hydrogens (tertiary/aromatic N) is 10. The number of guanidine groups is 1. The number of ether oxygens (including phenoxy) is 2. The van der Waals surface area contributed by atoms with E-state index in [2.05, 4.69) is 34.8 Å². The van der Waals surface area contributed by atoms with Crippen LogP contribution in [0.15, 0.2) is 28.2 Å². The number of likely N-dealkylation sites (N-methyl/N-ethyl adjacent to an activating group) is 2. The molecule has 0 radical (unpaired) electrons. The summed E-state index contributed by atoms with van der Waals surface area (Å²) in [6, 6.07) is 5.02. The maximum atomic E-state index is 14.3. The maximum absolute atomic E-state index is 14.3. The second kappa shape index (κ2) is 11.3. The summed E-state index contributed by atoms with van der Waals surface area (Å²) in [5.74, 6) is 0.800. The summed E-state index contributed by atoms with van der Waals surface area (Å²) in [6.45, 7) is 3.67. The zero-order valence-corrected chi connectivity index (χ0v) is 23.0. The number of hydrogen-bond acceptors (Lipinski definition) is 12. The van der Waals surface area contributed by atoms with Crippen LogP contribution in [0.4, 0.5) is 14.7 Å². The first-order valence-electron chi connectivity index (χ1n) is 12.9. The van der Waals surface area contributed by atoms with Crippen molar-refractivity contribution in [3.05, 3.63) is 29.8 Å². The van der Waals surface area contributed by atoms with Crippen molar-refractivity contribution in [3.8, 4) is 11.7 Å². The van der Waals surface area contributed by atoms with Crippen LogP contribution in [0, 0.1) is 0 Å². The molecule has 40 heavy (non-hydrogen) atoms. The van der Waals surface area contributed by atoms with Gasteiger partial charge in [-0.05, 0) is 26.2 Å². The minimum absolute atomic E-state index is 0.0337. The summed E-state index contributed by atoms with van der Waals surface area (Å²) in [5, 5.41) is 0. The van der Waals surface area contributed by atoms with Crippen molar-refractivity contribution in [3.63, 3.8) is 0 Å². The number of aromatic nitrogens is 5. The van der Waals surface area contributed by atoms with Crippen molar-refractivity contribution in [2.24, 2.45) is 15.7 Å². The maximum Gasteiger partial charge on any atom is 0.296 e. The molecule has 1 fully saturated rings. The number of imidazole rings is 1. The first-order valence-corrected chi connectivity index (χ1v) is 12.9. The van der Waals surface area contributed by atoms with E-state index in [-0.39, 0.29) is 23.8 Å². The van der Waals surface area contributed by atoms with E-state index < -0.39 is 17.8 Å². The number of benzene rings is 1. The van der Waals surface area contributed by atoms with E-state index in [0.29, 0.717) is 49.5 Å². The van der Waals surface area contributed by atoms with Gasteiger partial charge < -0.3 is 29.9 Å². The minimum atomic E-state index is -2.91. The molecule has 0 aliphatic carbocycles. The smallest absolute Gasteiger partial charge is 0.296 e. The molecular formula is C25H33F2N11O2. The third-order valence-electron chi connectivity index (χ3n) is 6.73. The lowest BCUT2D eigenvalue weighted by Crippen LogP contribution is -2.48. The first kappa shape index (κ1) is 27.7. The highest BCUT2D eigenvalue weighted by Gasteiger charge is 2.35. The zero-order valence-electron chi connectivity index (χ0n) is 23.0. The van der Waals surface area contributed by atoms with E-state index in [4.69, 9.17) is 15.2 Å². The van der Waals surface area contributed by atoms with E-state index in [1.165, 1.54) is 11.7 Å². The SMILES string of the molecule is COc1cccc2c1nc(C(F)F)n2-c1nc(N2CCOCC2)nc(C2(N)C=NC(N(C)CCN(C)C)=NC2)n1. The van der Waals surface area contributed by atoms with Gasteiger partial charge in [-0.3, -0.25) is 4.57 Å². The fraction of sp³-hybridized carbons (Fsp3) is 0.520. The van der Waals surface area contributed by atoms with Crippen LogP contribution in [0.5, 0.6) is 5.75 Å². The van der Waals surface area contributed by atoms with E-state index in [9.17, 15) is 8.78 Å². The molecule has 2 N–H and O–H groups in total. The largest absolute Gasteiger partial charge is 0.494 e. The molecule has 5 rings (SSSR count). The first-order chi connectivity index (χ1) is 19.2. The van der Waals surface area contributed by atoms with Gasteiger partial charge in [-0.1, -0.05) is 6.07 Å². The highest BCUT2D eigenvalue weighted by Crippen LogP contribution is 2.32. The Bertz CT molecular complexity index is 1420. The Balaban J connectivity index is 1.60. The number of hydrogen-bond donors (Lipinski definition) is 1. The van der Waals surface area contributed by atoms with Gasteiger partial charge in [0.05, 0.1) is 32.4 Å². The number of rotatable bonds is 8. The van der Waals surface area contributed by atoms with Gasteiger partial charge in [0, 0.05) is 39.4 Å². The van der Waals surface area contributed by atoms with Crippen molar-refractivity contribution in [1.29, 1.82) is 0 Å². The third-order valence-corrected chi connectivity index (χ3v) is 6.73. The molecular weight excluding hydrogens is 524 g/mol. The topological polar surface area (TPSA) is 135 Å². The van der Waals surface area contributed by atoms with Crippen LogP contribution in [-0.2, 0) is 10.3 Å². The molecule has 2 aromatic heterocycles. The van der Waals surface area contributed by atoms with Crippen LogP contribution in [-0.4, -0.2) is 121 Å². The van der Waals surface area contributed by atoms with Crippen molar-refractivity contribution in [2.75, 3.05) is 79.1 Å². The Kier molecular flexibility index (Phi) is 7.87. The van der Waals surface area contributed by atoms with Gasteiger partial charge in [0.1, 0.15) is 16.8 Å². The van der Waals surface area contributed by atoms with Gasteiger partial charge in [-0.25, -0.2) is 23.7 Å². The van der Waals surface area contributed by atoms with Gasteiger partial charge >= 0.3 is 0 Å². The van der Waals surface area contributed by atoms with Gasteiger partial charge in [-0.2, -0.15) is 15.0 Å². The third kappa shape index (κ3) is 5.44. The number of anilines is 1. The van der Waals surface area contributed by atoms with Crippen molar-refractivity contribution >= 4 is 29.2 Å². The summed E-state index contributed by atoms with van der Waals surface area (Å²) in [4.78, 5) is 33.1. The fourth-order valence-electron chi connectivity index (χ4n) is 4.43. The van der Waals surface area contributed by atoms with Crippen molar-refractivity contribution in [1.82, 2.24) is 34.3 Å². The predicted molar refractivity (Wildman–Crippen MR) is 147 cm³/mol. The lowest BCUT2D eigenvalue weighted by atomic mass is 10.0. The summed E-state index contributed by atoms with van der Waals surface area (Å²) >= 11 is 0. The Labute approximate surface area is 230 Å². The second-order valence-corrected chi connectivity index (χ2v) is 9.93.